The highest BCUT2D eigenvalue weighted by atomic mass is 16.2. The number of nitrogens with zero attached hydrogens (tertiary/aromatic N) is 3. The van der Waals surface area contributed by atoms with Crippen molar-refractivity contribution in [2.24, 2.45) is 0 Å². The van der Waals surface area contributed by atoms with E-state index in [4.69, 9.17) is 0 Å². The minimum absolute atomic E-state index is 0.156. The Hall–Kier alpha value is -2.14. The Balaban J connectivity index is 1.73. The molecule has 0 bridgehead atoms. The summed E-state index contributed by atoms with van der Waals surface area (Å²) in [6, 6.07) is 10.7. The van der Waals surface area contributed by atoms with Crippen LogP contribution in [0.25, 0.3) is 0 Å². The maximum absolute atomic E-state index is 11.8. The van der Waals surface area contributed by atoms with Crippen molar-refractivity contribution in [3.05, 3.63) is 53.6 Å². The molecule has 5 nitrogen and oxygen atoms in total. The van der Waals surface area contributed by atoms with Crippen LogP contribution in [-0.2, 0) is 17.8 Å². The number of hydrogen-bond donors (Lipinski definition) is 1. The van der Waals surface area contributed by atoms with E-state index in [0.717, 1.165) is 50.5 Å². The number of rotatable bonds is 6. The first kappa shape index (κ1) is 17.7. The van der Waals surface area contributed by atoms with Crippen molar-refractivity contribution in [2.45, 2.75) is 45.7 Å². The van der Waals surface area contributed by atoms with Gasteiger partial charge in [-0.25, -0.2) is 4.98 Å². The van der Waals surface area contributed by atoms with E-state index in [1.807, 2.05) is 17.2 Å². The molecule has 5 heteroatoms. The van der Waals surface area contributed by atoms with Crippen LogP contribution < -0.4 is 0 Å². The van der Waals surface area contributed by atoms with Gasteiger partial charge in [0.25, 0.3) is 0 Å². The van der Waals surface area contributed by atoms with Gasteiger partial charge in [-0.1, -0.05) is 43.7 Å². The van der Waals surface area contributed by atoms with Gasteiger partial charge in [-0.15, -0.1) is 0 Å². The number of imidazole rings is 1. The summed E-state index contributed by atoms with van der Waals surface area (Å²) < 4.78 is 0. The molecule has 1 N–H and O–H groups in total. The van der Waals surface area contributed by atoms with Crippen LogP contribution in [-0.4, -0.2) is 45.3 Å². The number of piperazine rings is 1. The van der Waals surface area contributed by atoms with E-state index in [9.17, 15) is 4.79 Å². The molecule has 1 aromatic heterocycles. The summed E-state index contributed by atoms with van der Waals surface area (Å²) in [6.45, 7) is 7.11. The second-order valence-corrected chi connectivity index (χ2v) is 6.82. The van der Waals surface area contributed by atoms with Crippen molar-refractivity contribution in [1.82, 2.24) is 19.8 Å². The van der Waals surface area contributed by atoms with Gasteiger partial charge in [-0.3, -0.25) is 9.69 Å². The SMILES string of the molecule is CCCCc1ncc(CN2CCN(C(C)=O)CC2c2ccccc2)[nH]1. The van der Waals surface area contributed by atoms with Gasteiger partial charge in [0.1, 0.15) is 5.82 Å². The average molecular weight is 340 g/mol. The Kier molecular flexibility index (Phi) is 5.87. The summed E-state index contributed by atoms with van der Waals surface area (Å²) in [5, 5.41) is 0. The van der Waals surface area contributed by atoms with Crippen LogP contribution in [0.3, 0.4) is 0 Å². The van der Waals surface area contributed by atoms with Crippen molar-refractivity contribution in [3.8, 4) is 0 Å². The Morgan fingerprint density at radius 1 is 1.28 bits per heavy atom. The van der Waals surface area contributed by atoms with Crippen molar-refractivity contribution in [2.75, 3.05) is 19.6 Å². The number of aromatic nitrogens is 2. The van der Waals surface area contributed by atoms with Gasteiger partial charge >= 0.3 is 0 Å². The minimum atomic E-state index is 0.156. The summed E-state index contributed by atoms with van der Waals surface area (Å²) in [6.07, 6.45) is 5.32. The second kappa shape index (κ2) is 8.30. The van der Waals surface area contributed by atoms with E-state index >= 15 is 0 Å². The molecule has 1 aromatic carbocycles. The van der Waals surface area contributed by atoms with Crippen LogP contribution in [0.2, 0.25) is 0 Å². The Morgan fingerprint density at radius 2 is 2.08 bits per heavy atom. The maximum atomic E-state index is 11.8. The second-order valence-electron chi connectivity index (χ2n) is 6.82. The highest BCUT2D eigenvalue weighted by Crippen LogP contribution is 2.27. The molecule has 0 spiro atoms. The third-order valence-corrected chi connectivity index (χ3v) is 4.94. The monoisotopic (exact) mass is 340 g/mol. The minimum Gasteiger partial charge on any atom is -0.345 e. The first-order valence-electron chi connectivity index (χ1n) is 9.24. The van der Waals surface area contributed by atoms with Crippen LogP contribution >= 0.6 is 0 Å². The fourth-order valence-electron chi connectivity index (χ4n) is 3.46. The molecule has 1 unspecified atom stereocenters. The quantitative estimate of drug-likeness (QED) is 0.879. The number of benzene rings is 1. The molecule has 0 radical (unpaired) electrons. The van der Waals surface area contributed by atoms with Gasteiger partial charge < -0.3 is 9.88 Å². The molecule has 0 aliphatic carbocycles. The van der Waals surface area contributed by atoms with Crippen LogP contribution in [0.4, 0.5) is 0 Å². The molecule has 25 heavy (non-hydrogen) atoms. The van der Waals surface area contributed by atoms with E-state index in [-0.39, 0.29) is 11.9 Å². The summed E-state index contributed by atoms with van der Waals surface area (Å²) in [4.78, 5) is 24.2. The highest BCUT2D eigenvalue weighted by molar-refractivity contribution is 5.73. The van der Waals surface area contributed by atoms with Crippen molar-refractivity contribution < 1.29 is 4.79 Å². The van der Waals surface area contributed by atoms with Gasteiger partial charge in [0.15, 0.2) is 0 Å². The van der Waals surface area contributed by atoms with Crippen molar-refractivity contribution >= 4 is 5.91 Å². The summed E-state index contributed by atoms with van der Waals surface area (Å²) in [5.41, 5.74) is 2.42. The third kappa shape index (κ3) is 4.48. The lowest BCUT2D eigenvalue weighted by atomic mass is 10.0. The standard InChI is InChI=1S/C20H28N4O/c1-3-4-10-20-21-13-18(22-20)14-24-12-11-23(16(2)25)15-19(24)17-8-6-5-7-9-17/h5-9,13,19H,3-4,10-12,14-15H2,1-2H3,(H,21,22). The number of carbonyl (C=O) groups is 1. The molecular weight excluding hydrogens is 312 g/mol. The van der Waals surface area contributed by atoms with E-state index in [1.165, 1.54) is 12.0 Å². The van der Waals surface area contributed by atoms with Gasteiger partial charge in [0.05, 0.1) is 6.04 Å². The number of hydrogen-bond acceptors (Lipinski definition) is 3. The van der Waals surface area contributed by atoms with Gasteiger partial charge in [-0.05, 0) is 12.0 Å². The first-order valence-corrected chi connectivity index (χ1v) is 9.24. The lowest BCUT2D eigenvalue weighted by molar-refractivity contribution is -0.132. The number of nitrogens with one attached hydrogen (secondary N) is 1. The van der Waals surface area contributed by atoms with Crippen LogP contribution in [0.5, 0.6) is 0 Å². The molecule has 1 aliphatic rings. The summed E-state index contributed by atoms with van der Waals surface area (Å²) in [5.74, 6) is 1.24. The van der Waals surface area contributed by atoms with E-state index in [2.05, 4.69) is 46.1 Å². The van der Waals surface area contributed by atoms with E-state index in [0.29, 0.717) is 0 Å². The zero-order valence-electron chi connectivity index (χ0n) is 15.2. The zero-order valence-corrected chi connectivity index (χ0v) is 15.2. The molecule has 0 saturated carbocycles. The number of unbranched alkanes of at least 4 members (excludes halogenated alkanes) is 1. The number of carbonyl (C=O) groups excluding carboxylic acids is 1. The summed E-state index contributed by atoms with van der Waals surface area (Å²) in [7, 11) is 0. The van der Waals surface area contributed by atoms with Crippen molar-refractivity contribution in [3.63, 3.8) is 0 Å². The Labute approximate surface area is 150 Å². The van der Waals surface area contributed by atoms with Crippen LogP contribution in [0, 0.1) is 0 Å². The topological polar surface area (TPSA) is 52.2 Å². The number of aromatic amines is 1. The van der Waals surface area contributed by atoms with E-state index < -0.39 is 0 Å². The molecule has 1 saturated heterocycles. The van der Waals surface area contributed by atoms with Gasteiger partial charge in [0, 0.05) is 51.4 Å². The molecular formula is C20H28N4O. The predicted molar refractivity (Wildman–Crippen MR) is 99.0 cm³/mol. The molecule has 1 fully saturated rings. The average Bonchev–Trinajstić information content (AvgIpc) is 3.08. The Morgan fingerprint density at radius 3 is 2.80 bits per heavy atom. The zero-order chi connectivity index (χ0) is 17.6. The fourth-order valence-corrected chi connectivity index (χ4v) is 3.46. The fraction of sp³-hybridized carbons (Fsp3) is 0.500. The van der Waals surface area contributed by atoms with Gasteiger partial charge in [0.2, 0.25) is 5.91 Å². The maximum Gasteiger partial charge on any atom is 0.219 e. The largest absolute Gasteiger partial charge is 0.345 e. The van der Waals surface area contributed by atoms with Crippen molar-refractivity contribution in [1.29, 1.82) is 0 Å². The highest BCUT2D eigenvalue weighted by Gasteiger charge is 2.29. The number of H-pyrrole nitrogens is 1. The predicted octanol–water partition coefficient (Wildman–Crippen LogP) is 3.16. The number of aryl methyl sites for hydroxylation is 1. The van der Waals surface area contributed by atoms with Crippen LogP contribution in [0.1, 0.15) is 49.8 Å². The molecule has 2 aromatic rings. The molecule has 1 aliphatic heterocycles. The first-order chi connectivity index (χ1) is 12.2. The Bertz CT molecular complexity index is 682. The van der Waals surface area contributed by atoms with E-state index in [1.54, 1.807) is 6.92 Å². The lowest BCUT2D eigenvalue weighted by Gasteiger charge is -2.41. The number of amides is 1. The molecule has 1 atom stereocenters. The van der Waals surface area contributed by atoms with Crippen LogP contribution in [0.15, 0.2) is 36.5 Å². The molecule has 3 rings (SSSR count). The molecule has 1 amide bonds. The molecule has 134 valence electrons. The summed E-state index contributed by atoms with van der Waals surface area (Å²) >= 11 is 0. The molecule has 2 heterocycles. The normalized spacial score (nSPS) is 18.5. The van der Waals surface area contributed by atoms with Gasteiger partial charge in [-0.2, -0.15) is 0 Å². The smallest absolute Gasteiger partial charge is 0.219 e. The lowest BCUT2D eigenvalue weighted by Crippen LogP contribution is -2.49. The third-order valence-electron chi connectivity index (χ3n) is 4.94.